The minimum atomic E-state index is -4.53. The van der Waals surface area contributed by atoms with Gasteiger partial charge in [0.2, 0.25) is 0 Å². The maximum absolute atomic E-state index is 13.5. The molecule has 0 bridgehead atoms. The van der Waals surface area contributed by atoms with Crippen LogP contribution < -0.4 is 4.74 Å². The van der Waals surface area contributed by atoms with Crippen LogP contribution in [0.2, 0.25) is 0 Å². The molecule has 0 radical (unpaired) electrons. The van der Waals surface area contributed by atoms with E-state index in [0.717, 1.165) is 48.6 Å². The van der Waals surface area contributed by atoms with Gasteiger partial charge in [0.05, 0.1) is 11.9 Å². The van der Waals surface area contributed by atoms with Crippen molar-refractivity contribution >= 4 is 0 Å². The fourth-order valence-electron chi connectivity index (χ4n) is 5.24. The van der Waals surface area contributed by atoms with Gasteiger partial charge in [-0.3, -0.25) is 4.90 Å². The Bertz CT molecular complexity index is 1130. The Hall–Kier alpha value is -2.87. The highest BCUT2D eigenvalue weighted by Crippen LogP contribution is 2.30. The summed E-state index contributed by atoms with van der Waals surface area (Å²) in [6.07, 6.45) is 1.66. The molecule has 8 heteroatoms. The van der Waals surface area contributed by atoms with Crippen LogP contribution >= 0.6 is 0 Å². The Balaban J connectivity index is 1.58. The third-order valence-electron chi connectivity index (χ3n) is 7.14. The van der Waals surface area contributed by atoms with Crippen LogP contribution in [-0.4, -0.2) is 33.5 Å². The lowest BCUT2D eigenvalue weighted by molar-refractivity contribution is -0.253. The standard InChI is InChI=1S/C30H37F4N3O/c1-2-3-17-37-26(19-35-28(37)25-14-8-5-9-15-25)22-36(20-23-11-6-4-7-12-23)21-24-13-10-16-27(18-24)38-30(33,34)29(31)32/h5,8-10,13-16,18-19,23,29H,2-4,6-7,11-12,17,20-22H2,1H3. The summed E-state index contributed by atoms with van der Waals surface area (Å²) in [5, 5.41) is 0. The van der Waals surface area contributed by atoms with Crippen molar-refractivity contribution in [1.29, 1.82) is 0 Å². The molecule has 3 aromatic rings. The van der Waals surface area contributed by atoms with Gasteiger partial charge in [0.15, 0.2) is 0 Å². The van der Waals surface area contributed by atoms with Crippen LogP contribution in [0, 0.1) is 5.92 Å². The predicted molar refractivity (Wildman–Crippen MR) is 141 cm³/mol. The van der Waals surface area contributed by atoms with Gasteiger partial charge in [-0.05, 0) is 42.9 Å². The molecule has 0 atom stereocenters. The third-order valence-corrected chi connectivity index (χ3v) is 7.14. The normalized spacial score (nSPS) is 14.9. The minimum absolute atomic E-state index is 0.259. The first-order valence-electron chi connectivity index (χ1n) is 13.6. The van der Waals surface area contributed by atoms with Crippen molar-refractivity contribution < 1.29 is 22.3 Å². The number of imidazole rings is 1. The number of aromatic nitrogens is 2. The van der Waals surface area contributed by atoms with E-state index in [9.17, 15) is 17.6 Å². The number of hydrogen-bond donors (Lipinski definition) is 0. The number of halogens is 4. The molecule has 1 saturated carbocycles. The number of rotatable bonds is 13. The molecule has 1 fully saturated rings. The van der Waals surface area contributed by atoms with Gasteiger partial charge in [0, 0.05) is 31.7 Å². The summed E-state index contributed by atoms with van der Waals surface area (Å²) in [6, 6.07) is 16.3. The lowest BCUT2D eigenvalue weighted by Gasteiger charge is -2.30. The van der Waals surface area contributed by atoms with Gasteiger partial charge in [-0.1, -0.05) is 75.1 Å². The lowest BCUT2D eigenvalue weighted by atomic mass is 9.89. The average Bonchev–Trinajstić information content (AvgIpc) is 3.30. The number of nitrogens with zero attached hydrogens (tertiary/aromatic N) is 3. The van der Waals surface area contributed by atoms with E-state index in [1.165, 1.54) is 44.2 Å². The molecule has 1 heterocycles. The quantitative estimate of drug-likeness (QED) is 0.208. The van der Waals surface area contributed by atoms with Gasteiger partial charge in [0.25, 0.3) is 0 Å². The van der Waals surface area contributed by atoms with E-state index in [2.05, 4.69) is 33.3 Å². The first kappa shape index (κ1) is 28.1. The van der Waals surface area contributed by atoms with Crippen LogP contribution in [0.3, 0.4) is 0 Å². The maximum atomic E-state index is 13.5. The summed E-state index contributed by atoms with van der Waals surface area (Å²) in [7, 11) is 0. The zero-order valence-corrected chi connectivity index (χ0v) is 22.0. The van der Waals surface area contributed by atoms with E-state index in [1.54, 1.807) is 6.07 Å². The predicted octanol–water partition coefficient (Wildman–Crippen LogP) is 8.17. The first-order valence-corrected chi connectivity index (χ1v) is 13.6. The van der Waals surface area contributed by atoms with Crippen LogP contribution in [0.1, 0.15) is 63.1 Å². The Labute approximate surface area is 222 Å². The molecule has 0 unspecified atom stereocenters. The summed E-state index contributed by atoms with van der Waals surface area (Å²) in [4.78, 5) is 7.11. The van der Waals surface area contributed by atoms with Crippen LogP contribution in [-0.2, 0) is 19.6 Å². The highest BCUT2D eigenvalue weighted by Gasteiger charge is 2.44. The summed E-state index contributed by atoms with van der Waals surface area (Å²) in [6.45, 7) is 5.05. The summed E-state index contributed by atoms with van der Waals surface area (Å²) in [5.74, 6) is 1.24. The van der Waals surface area contributed by atoms with Crippen LogP contribution in [0.25, 0.3) is 11.4 Å². The summed E-state index contributed by atoms with van der Waals surface area (Å²) < 4.78 is 59.0. The number of unbranched alkanes of at least 4 members (excludes halogenated alkanes) is 1. The SMILES string of the molecule is CCCCn1c(CN(Cc2cccc(OC(F)(F)C(F)F)c2)CC2CCCCC2)cnc1-c1ccccc1. The summed E-state index contributed by atoms with van der Waals surface area (Å²) >= 11 is 0. The molecule has 4 nitrogen and oxygen atoms in total. The van der Waals surface area contributed by atoms with E-state index < -0.39 is 12.5 Å². The second kappa shape index (κ2) is 13.3. The smallest absolute Gasteiger partial charge is 0.428 e. The molecular formula is C30H37F4N3O. The molecule has 206 valence electrons. The van der Waals surface area contributed by atoms with Gasteiger partial charge in [-0.15, -0.1) is 0 Å². The van der Waals surface area contributed by atoms with Crippen molar-refractivity contribution in [1.82, 2.24) is 14.5 Å². The molecule has 0 aliphatic heterocycles. The summed E-state index contributed by atoms with van der Waals surface area (Å²) in [5.41, 5.74) is 2.91. The van der Waals surface area contributed by atoms with Gasteiger partial charge in [-0.25, -0.2) is 4.98 Å². The molecule has 1 aromatic heterocycles. The van der Waals surface area contributed by atoms with Crippen molar-refractivity contribution in [3.63, 3.8) is 0 Å². The molecule has 0 N–H and O–H groups in total. The zero-order valence-electron chi connectivity index (χ0n) is 22.0. The van der Waals surface area contributed by atoms with E-state index in [1.807, 2.05) is 30.5 Å². The monoisotopic (exact) mass is 531 g/mol. The highest BCUT2D eigenvalue weighted by molar-refractivity contribution is 5.55. The van der Waals surface area contributed by atoms with Crippen LogP contribution in [0.5, 0.6) is 5.75 Å². The maximum Gasteiger partial charge on any atom is 0.461 e. The Morgan fingerprint density at radius 1 is 1.03 bits per heavy atom. The van der Waals surface area contributed by atoms with E-state index in [-0.39, 0.29) is 5.75 Å². The number of benzene rings is 2. The van der Waals surface area contributed by atoms with Crippen molar-refractivity contribution in [3.05, 3.63) is 72.1 Å². The number of alkyl halides is 4. The van der Waals surface area contributed by atoms with Gasteiger partial charge < -0.3 is 9.30 Å². The molecule has 2 aromatic carbocycles. The fourth-order valence-corrected chi connectivity index (χ4v) is 5.24. The molecule has 38 heavy (non-hydrogen) atoms. The Morgan fingerprint density at radius 3 is 2.50 bits per heavy atom. The van der Waals surface area contributed by atoms with Gasteiger partial charge >= 0.3 is 12.5 Å². The number of ether oxygens (including phenoxy) is 1. The van der Waals surface area contributed by atoms with E-state index >= 15 is 0 Å². The van der Waals surface area contributed by atoms with Crippen LogP contribution in [0.15, 0.2) is 60.8 Å². The highest BCUT2D eigenvalue weighted by atomic mass is 19.3. The van der Waals surface area contributed by atoms with Crippen molar-refractivity contribution in [3.8, 4) is 17.1 Å². The van der Waals surface area contributed by atoms with Gasteiger partial charge in [0.1, 0.15) is 11.6 Å². The van der Waals surface area contributed by atoms with Gasteiger partial charge in [-0.2, -0.15) is 17.6 Å². The Morgan fingerprint density at radius 2 is 1.79 bits per heavy atom. The first-order chi connectivity index (χ1) is 18.4. The second-order valence-corrected chi connectivity index (χ2v) is 10.2. The second-order valence-electron chi connectivity index (χ2n) is 10.2. The van der Waals surface area contributed by atoms with Crippen molar-refractivity contribution in [2.45, 2.75) is 84.0 Å². The molecule has 0 amide bonds. The minimum Gasteiger partial charge on any atom is -0.428 e. The number of hydrogen-bond acceptors (Lipinski definition) is 3. The molecular weight excluding hydrogens is 494 g/mol. The van der Waals surface area contributed by atoms with Crippen LogP contribution in [0.4, 0.5) is 17.6 Å². The van der Waals surface area contributed by atoms with Crippen molar-refractivity contribution in [2.24, 2.45) is 5.92 Å². The molecule has 1 aliphatic carbocycles. The lowest BCUT2D eigenvalue weighted by Crippen LogP contribution is -2.33. The molecule has 0 spiro atoms. The third kappa shape index (κ3) is 7.59. The molecule has 1 aliphatic rings. The topological polar surface area (TPSA) is 30.3 Å². The largest absolute Gasteiger partial charge is 0.461 e. The van der Waals surface area contributed by atoms with E-state index in [0.29, 0.717) is 19.0 Å². The fraction of sp³-hybridized carbons (Fsp3) is 0.500. The zero-order chi connectivity index (χ0) is 27.0. The average molecular weight is 532 g/mol. The molecule has 0 saturated heterocycles. The Kier molecular flexibility index (Phi) is 9.83. The molecule has 4 rings (SSSR count). The van der Waals surface area contributed by atoms with E-state index in [4.69, 9.17) is 4.98 Å². The van der Waals surface area contributed by atoms with Crippen molar-refractivity contribution in [2.75, 3.05) is 6.54 Å².